The van der Waals surface area contributed by atoms with Crippen molar-refractivity contribution >= 4 is 17.8 Å². The maximum atomic E-state index is 12.1. The predicted octanol–water partition coefficient (Wildman–Crippen LogP) is 0.0790. The van der Waals surface area contributed by atoms with Crippen LogP contribution in [0, 0.1) is 11.3 Å². The van der Waals surface area contributed by atoms with E-state index in [1.807, 2.05) is 6.07 Å². The van der Waals surface area contributed by atoms with Gasteiger partial charge in [-0.3, -0.25) is 14.5 Å². The first-order chi connectivity index (χ1) is 8.85. The maximum Gasteiger partial charge on any atom is 0.325 e. The summed E-state index contributed by atoms with van der Waals surface area (Å²) in [6.07, 6.45) is 0.682. The van der Waals surface area contributed by atoms with Crippen molar-refractivity contribution < 1.29 is 14.4 Å². The molecule has 1 fully saturated rings. The zero-order chi connectivity index (χ0) is 14.6. The van der Waals surface area contributed by atoms with Crippen LogP contribution in [0.1, 0.15) is 26.7 Å². The molecule has 0 bridgehead atoms. The van der Waals surface area contributed by atoms with Crippen molar-refractivity contribution in [2.45, 2.75) is 32.2 Å². The number of carbonyl (C=O) groups is 3. The van der Waals surface area contributed by atoms with Crippen LogP contribution in [0.4, 0.5) is 4.79 Å². The summed E-state index contributed by atoms with van der Waals surface area (Å²) in [7, 11) is 1.54. The predicted molar refractivity (Wildman–Crippen MR) is 66.8 cm³/mol. The molecule has 1 rings (SSSR count). The summed E-state index contributed by atoms with van der Waals surface area (Å²) in [6, 6.07) is 1.39. The van der Waals surface area contributed by atoms with Crippen LogP contribution in [-0.2, 0) is 9.59 Å². The molecule has 0 aromatic heterocycles. The summed E-state index contributed by atoms with van der Waals surface area (Å²) < 4.78 is 0. The fraction of sp³-hybridized carbons (Fsp3) is 0.667. The van der Waals surface area contributed by atoms with Crippen LogP contribution in [0.3, 0.4) is 0 Å². The van der Waals surface area contributed by atoms with Gasteiger partial charge in [-0.15, -0.1) is 0 Å². The van der Waals surface area contributed by atoms with E-state index in [2.05, 4.69) is 5.32 Å². The first-order valence-electron chi connectivity index (χ1n) is 6.10. The summed E-state index contributed by atoms with van der Waals surface area (Å²) in [4.78, 5) is 37.9. The molecule has 7 heteroatoms. The smallest absolute Gasteiger partial charge is 0.325 e. The van der Waals surface area contributed by atoms with Gasteiger partial charge in [0.1, 0.15) is 12.1 Å². The van der Waals surface area contributed by atoms with E-state index < -0.39 is 11.6 Å². The second-order valence-electron chi connectivity index (χ2n) is 4.73. The molecule has 7 nitrogen and oxygen atoms in total. The second-order valence-corrected chi connectivity index (χ2v) is 4.73. The van der Waals surface area contributed by atoms with Crippen LogP contribution < -0.4 is 5.32 Å². The summed E-state index contributed by atoms with van der Waals surface area (Å²) >= 11 is 0. The minimum Gasteiger partial charge on any atom is -0.343 e. The molecule has 1 aliphatic rings. The number of nitrogens with one attached hydrogen (secondary N) is 1. The van der Waals surface area contributed by atoms with Crippen molar-refractivity contribution in [2.75, 3.05) is 20.1 Å². The summed E-state index contributed by atoms with van der Waals surface area (Å²) in [6.45, 7) is 3.42. The highest BCUT2D eigenvalue weighted by Gasteiger charge is 2.47. The Kier molecular flexibility index (Phi) is 4.48. The van der Waals surface area contributed by atoms with E-state index in [4.69, 9.17) is 5.26 Å². The van der Waals surface area contributed by atoms with Crippen LogP contribution in [0.25, 0.3) is 0 Å². The third-order valence-electron chi connectivity index (χ3n) is 3.33. The average molecular weight is 266 g/mol. The molecule has 104 valence electrons. The monoisotopic (exact) mass is 266 g/mol. The number of amides is 4. The SMILES string of the molecule is CCC1(C)NC(=O)N(CC(=O)N(C)CCC#N)C1=O. The Hall–Kier alpha value is -2.10. The molecule has 4 amide bonds. The van der Waals surface area contributed by atoms with E-state index in [9.17, 15) is 14.4 Å². The largest absolute Gasteiger partial charge is 0.343 e. The molecule has 0 radical (unpaired) electrons. The van der Waals surface area contributed by atoms with E-state index in [1.54, 1.807) is 13.8 Å². The topological polar surface area (TPSA) is 93.5 Å². The van der Waals surface area contributed by atoms with Gasteiger partial charge in [-0.05, 0) is 13.3 Å². The number of hydrogen-bond donors (Lipinski definition) is 1. The van der Waals surface area contributed by atoms with Crippen LogP contribution in [0.15, 0.2) is 0 Å². The van der Waals surface area contributed by atoms with E-state index in [0.717, 1.165) is 4.90 Å². The number of nitriles is 1. The number of urea groups is 1. The van der Waals surface area contributed by atoms with Gasteiger partial charge in [0.2, 0.25) is 5.91 Å². The van der Waals surface area contributed by atoms with Crippen molar-refractivity contribution in [3.63, 3.8) is 0 Å². The molecule has 0 aliphatic carbocycles. The summed E-state index contributed by atoms with van der Waals surface area (Å²) in [5, 5.41) is 11.0. The van der Waals surface area contributed by atoms with Crippen molar-refractivity contribution in [3.8, 4) is 6.07 Å². The summed E-state index contributed by atoms with van der Waals surface area (Å²) in [5.74, 6) is -0.749. The fourth-order valence-electron chi connectivity index (χ4n) is 1.73. The van der Waals surface area contributed by atoms with Crippen LogP contribution in [0.5, 0.6) is 0 Å². The molecule has 1 heterocycles. The number of nitrogens with zero attached hydrogens (tertiary/aromatic N) is 3. The quantitative estimate of drug-likeness (QED) is 0.713. The first-order valence-corrected chi connectivity index (χ1v) is 6.10. The Labute approximate surface area is 112 Å². The molecule has 1 unspecified atom stereocenters. The minimum atomic E-state index is -0.928. The van der Waals surface area contributed by atoms with Crippen molar-refractivity contribution in [3.05, 3.63) is 0 Å². The van der Waals surface area contributed by atoms with Crippen molar-refractivity contribution in [1.29, 1.82) is 5.26 Å². The van der Waals surface area contributed by atoms with Gasteiger partial charge in [-0.1, -0.05) is 6.92 Å². The minimum absolute atomic E-state index is 0.217. The van der Waals surface area contributed by atoms with Crippen molar-refractivity contribution in [1.82, 2.24) is 15.1 Å². The standard InChI is InChI=1S/C12H18N4O3/c1-4-12(2)10(18)16(11(19)14-12)8-9(17)15(3)7-5-6-13/h4-5,7-8H2,1-3H3,(H,14,19). The maximum absolute atomic E-state index is 12.1. The molecular formula is C12H18N4O3. The van der Waals surface area contributed by atoms with Crippen molar-refractivity contribution in [2.24, 2.45) is 0 Å². The van der Waals surface area contributed by atoms with Gasteiger partial charge in [0, 0.05) is 13.6 Å². The molecule has 0 spiro atoms. The van der Waals surface area contributed by atoms with Gasteiger partial charge >= 0.3 is 6.03 Å². The molecule has 1 atom stereocenters. The number of imide groups is 1. The van der Waals surface area contributed by atoms with E-state index in [-0.39, 0.29) is 31.3 Å². The highest BCUT2D eigenvalue weighted by Crippen LogP contribution is 2.20. The molecule has 19 heavy (non-hydrogen) atoms. The van der Waals surface area contributed by atoms with Gasteiger partial charge in [0.15, 0.2) is 0 Å². The van der Waals surface area contributed by atoms with Gasteiger partial charge < -0.3 is 10.2 Å². The molecule has 1 N–H and O–H groups in total. The lowest BCUT2D eigenvalue weighted by Gasteiger charge is -2.21. The number of rotatable bonds is 5. The first kappa shape index (κ1) is 15.0. The lowest BCUT2D eigenvalue weighted by atomic mass is 9.99. The zero-order valence-corrected chi connectivity index (χ0v) is 11.4. The lowest BCUT2D eigenvalue weighted by Crippen LogP contribution is -2.45. The van der Waals surface area contributed by atoms with E-state index in [0.29, 0.717) is 6.42 Å². The van der Waals surface area contributed by atoms with Crippen LogP contribution in [0.2, 0.25) is 0 Å². The van der Waals surface area contributed by atoms with Gasteiger partial charge in [0.05, 0.1) is 12.5 Å². The highest BCUT2D eigenvalue weighted by molar-refractivity contribution is 6.08. The third kappa shape index (κ3) is 3.02. The number of carbonyl (C=O) groups excluding carboxylic acids is 3. The van der Waals surface area contributed by atoms with E-state index >= 15 is 0 Å². The Morgan fingerprint density at radius 1 is 1.53 bits per heavy atom. The molecule has 0 aromatic carbocycles. The Morgan fingerprint density at radius 3 is 2.63 bits per heavy atom. The third-order valence-corrected chi connectivity index (χ3v) is 3.33. The summed E-state index contributed by atoms with van der Waals surface area (Å²) in [5.41, 5.74) is -0.928. The van der Waals surface area contributed by atoms with Crippen LogP contribution >= 0.6 is 0 Å². The van der Waals surface area contributed by atoms with E-state index in [1.165, 1.54) is 11.9 Å². The fourth-order valence-corrected chi connectivity index (χ4v) is 1.73. The molecule has 0 saturated carbocycles. The number of hydrogen-bond acceptors (Lipinski definition) is 4. The average Bonchev–Trinajstić information content (AvgIpc) is 2.60. The molecular weight excluding hydrogens is 248 g/mol. The Morgan fingerprint density at radius 2 is 2.16 bits per heavy atom. The van der Waals surface area contributed by atoms with Gasteiger partial charge in [-0.25, -0.2) is 4.79 Å². The zero-order valence-electron chi connectivity index (χ0n) is 11.4. The highest BCUT2D eigenvalue weighted by atomic mass is 16.2. The molecule has 1 saturated heterocycles. The Bertz CT molecular complexity index is 443. The van der Waals surface area contributed by atoms with Gasteiger partial charge in [-0.2, -0.15) is 5.26 Å². The molecule has 1 aliphatic heterocycles. The second kappa shape index (κ2) is 5.69. The van der Waals surface area contributed by atoms with Crippen LogP contribution in [-0.4, -0.2) is 53.3 Å². The Balaban J connectivity index is 2.68. The molecule has 0 aromatic rings. The lowest BCUT2D eigenvalue weighted by molar-refractivity contribution is -0.138. The number of likely N-dealkylation sites (N-methyl/N-ethyl adjacent to an activating group) is 1. The van der Waals surface area contributed by atoms with Gasteiger partial charge in [0.25, 0.3) is 5.91 Å². The normalized spacial score (nSPS) is 22.1.